The first kappa shape index (κ1) is 11.2. The molecule has 0 rings (SSSR count). The Morgan fingerprint density at radius 1 is 1.33 bits per heavy atom. The van der Waals surface area contributed by atoms with E-state index >= 15 is 0 Å². The zero-order chi connectivity index (χ0) is 9.61. The van der Waals surface area contributed by atoms with Crippen LogP contribution in [0.4, 0.5) is 0 Å². The molecule has 2 unspecified atom stereocenters. The van der Waals surface area contributed by atoms with Gasteiger partial charge in [-0.2, -0.15) is 0 Å². The van der Waals surface area contributed by atoms with Gasteiger partial charge in [-0.15, -0.1) is 19.7 Å². The largest absolute Gasteiger partial charge is 0.103 e. The molecular formula is C12H20. The van der Waals surface area contributed by atoms with Gasteiger partial charge in [-0.25, -0.2) is 0 Å². The highest BCUT2D eigenvalue weighted by Gasteiger charge is 2.25. The third kappa shape index (κ3) is 2.37. The fourth-order valence-electron chi connectivity index (χ4n) is 1.60. The maximum atomic E-state index is 3.87. The van der Waals surface area contributed by atoms with Gasteiger partial charge >= 0.3 is 0 Å². The molecule has 0 aliphatic carbocycles. The monoisotopic (exact) mass is 164 g/mol. The van der Waals surface area contributed by atoms with Crippen LogP contribution in [0, 0.1) is 11.3 Å². The van der Waals surface area contributed by atoms with E-state index in [9.17, 15) is 0 Å². The van der Waals surface area contributed by atoms with Crippen molar-refractivity contribution in [1.29, 1.82) is 0 Å². The highest BCUT2D eigenvalue weighted by atomic mass is 14.3. The molecule has 0 amide bonds. The van der Waals surface area contributed by atoms with E-state index in [0.29, 0.717) is 5.92 Å². The predicted octanol–water partition coefficient (Wildman–Crippen LogP) is 3.97. The van der Waals surface area contributed by atoms with Gasteiger partial charge in [-0.1, -0.05) is 32.1 Å². The van der Waals surface area contributed by atoms with Gasteiger partial charge in [0, 0.05) is 0 Å². The minimum atomic E-state index is 0.137. The van der Waals surface area contributed by atoms with E-state index in [2.05, 4.69) is 33.6 Å². The molecule has 12 heavy (non-hydrogen) atoms. The van der Waals surface area contributed by atoms with Crippen molar-refractivity contribution in [2.75, 3.05) is 0 Å². The summed E-state index contributed by atoms with van der Waals surface area (Å²) in [6.45, 7) is 15.9. The van der Waals surface area contributed by atoms with Crippen LogP contribution in [-0.4, -0.2) is 0 Å². The van der Waals surface area contributed by atoms with Crippen molar-refractivity contribution in [3.63, 3.8) is 0 Å². The van der Waals surface area contributed by atoms with Crippen molar-refractivity contribution >= 4 is 0 Å². The number of rotatable bonds is 6. The molecule has 0 aromatic rings. The number of hydrogen-bond acceptors (Lipinski definition) is 0. The van der Waals surface area contributed by atoms with Crippen LogP contribution in [-0.2, 0) is 0 Å². The quantitative estimate of drug-likeness (QED) is 0.521. The van der Waals surface area contributed by atoms with Crippen LogP contribution in [0.5, 0.6) is 0 Å². The third-order valence-corrected chi connectivity index (χ3v) is 2.62. The first-order valence-electron chi connectivity index (χ1n) is 4.51. The summed E-state index contributed by atoms with van der Waals surface area (Å²) in [6.07, 6.45) is 8.07. The van der Waals surface area contributed by atoms with Gasteiger partial charge in [0.15, 0.2) is 0 Å². The van der Waals surface area contributed by atoms with Crippen molar-refractivity contribution in [3.8, 4) is 0 Å². The third-order valence-electron chi connectivity index (χ3n) is 2.62. The molecule has 0 saturated heterocycles. The topological polar surface area (TPSA) is 0 Å². The lowest BCUT2D eigenvalue weighted by Crippen LogP contribution is -2.22. The van der Waals surface area contributed by atoms with Crippen LogP contribution < -0.4 is 0 Å². The molecule has 0 heterocycles. The first-order chi connectivity index (χ1) is 5.64. The standard InChI is InChI=1S/C12H20/c1-6-10-12(5,9-4)11(7-2)8-3/h6-7,9,11H,1-2,4,8,10H2,3,5H3. The predicted molar refractivity (Wildman–Crippen MR) is 57.1 cm³/mol. The SMILES string of the molecule is C=CCC(C)(C=C)C(C=C)CC. The van der Waals surface area contributed by atoms with E-state index in [-0.39, 0.29) is 5.41 Å². The van der Waals surface area contributed by atoms with Gasteiger partial charge < -0.3 is 0 Å². The van der Waals surface area contributed by atoms with Crippen molar-refractivity contribution < 1.29 is 0 Å². The Kier molecular flexibility index (Phi) is 4.65. The van der Waals surface area contributed by atoms with Crippen LogP contribution in [0.3, 0.4) is 0 Å². The second-order valence-corrected chi connectivity index (χ2v) is 3.45. The van der Waals surface area contributed by atoms with Crippen LogP contribution in [0.25, 0.3) is 0 Å². The Bertz CT molecular complexity index is 167. The zero-order valence-electron chi connectivity index (χ0n) is 8.34. The summed E-state index contributed by atoms with van der Waals surface area (Å²) >= 11 is 0. The molecular weight excluding hydrogens is 144 g/mol. The van der Waals surface area contributed by atoms with Gasteiger partial charge in [0.1, 0.15) is 0 Å². The lowest BCUT2D eigenvalue weighted by atomic mass is 9.73. The average Bonchev–Trinajstić information content (AvgIpc) is 2.07. The second kappa shape index (κ2) is 4.97. The van der Waals surface area contributed by atoms with Crippen LogP contribution in [0.15, 0.2) is 38.0 Å². The molecule has 0 fully saturated rings. The average molecular weight is 164 g/mol. The summed E-state index contributed by atoms with van der Waals surface area (Å²) in [4.78, 5) is 0. The summed E-state index contributed by atoms with van der Waals surface area (Å²) in [5.41, 5.74) is 0.137. The molecule has 0 N–H and O–H groups in total. The highest BCUT2D eigenvalue weighted by molar-refractivity contribution is 5.04. The van der Waals surface area contributed by atoms with E-state index in [0.717, 1.165) is 12.8 Å². The van der Waals surface area contributed by atoms with Gasteiger partial charge in [-0.3, -0.25) is 0 Å². The molecule has 2 atom stereocenters. The maximum absolute atomic E-state index is 3.87. The lowest BCUT2D eigenvalue weighted by Gasteiger charge is -2.31. The zero-order valence-corrected chi connectivity index (χ0v) is 8.34. The van der Waals surface area contributed by atoms with Crippen molar-refractivity contribution in [3.05, 3.63) is 38.0 Å². The van der Waals surface area contributed by atoms with Crippen molar-refractivity contribution in [2.24, 2.45) is 11.3 Å². The number of hydrogen-bond donors (Lipinski definition) is 0. The molecule has 0 aliphatic rings. The summed E-state index contributed by atoms with van der Waals surface area (Å²) in [6, 6.07) is 0. The van der Waals surface area contributed by atoms with E-state index < -0.39 is 0 Å². The summed E-state index contributed by atoms with van der Waals surface area (Å²) in [7, 11) is 0. The van der Waals surface area contributed by atoms with Gasteiger partial charge in [0.2, 0.25) is 0 Å². The van der Waals surface area contributed by atoms with E-state index in [1.54, 1.807) is 0 Å². The number of allylic oxidation sites excluding steroid dienone is 3. The van der Waals surface area contributed by atoms with Crippen molar-refractivity contribution in [2.45, 2.75) is 26.7 Å². The Balaban J connectivity index is 4.56. The molecule has 0 aromatic carbocycles. The minimum absolute atomic E-state index is 0.137. The van der Waals surface area contributed by atoms with E-state index in [1.165, 1.54) is 0 Å². The van der Waals surface area contributed by atoms with Crippen LogP contribution >= 0.6 is 0 Å². The molecule has 0 saturated carbocycles. The fourth-order valence-corrected chi connectivity index (χ4v) is 1.60. The summed E-state index contributed by atoms with van der Waals surface area (Å²) < 4.78 is 0. The molecule has 68 valence electrons. The maximum Gasteiger partial charge on any atom is -0.00523 e. The Morgan fingerprint density at radius 3 is 2.17 bits per heavy atom. The normalized spacial score (nSPS) is 17.5. The fraction of sp³-hybridized carbons (Fsp3) is 0.500. The van der Waals surface area contributed by atoms with Crippen LogP contribution in [0.2, 0.25) is 0 Å². The van der Waals surface area contributed by atoms with E-state index in [1.807, 2.05) is 18.2 Å². The van der Waals surface area contributed by atoms with E-state index in [4.69, 9.17) is 0 Å². The van der Waals surface area contributed by atoms with Crippen LogP contribution in [0.1, 0.15) is 26.7 Å². The van der Waals surface area contributed by atoms with Gasteiger partial charge in [0.05, 0.1) is 0 Å². The Hall–Kier alpha value is -0.780. The molecule has 0 aromatic heterocycles. The molecule has 0 heteroatoms. The lowest BCUT2D eigenvalue weighted by molar-refractivity contribution is 0.305. The Morgan fingerprint density at radius 2 is 1.92 bits per heavy atom. The Labute approximate surface area is 76.7 Å². The molecule has 0 radical (unpaired) electrons. The molecule has 0 nitrogen and oxygen atoms in total. The summed E-state index contributed by atoms with van der Waals surface area (Å²) in [5, 5.41) is 0. The molecule has 0 bridgehead atoms. The van der Waals surface area contributed by atoms with Gasteiger partial charge in [0.25, 0.3) is 0 Å². The highest BCUT2D eigenvalue weighted by Crippen LogP contribution is 2.35. The first-order valence-corrected chi connectivity index (χ1v) is 4.51. The molecule has 0 spiro atoms. The van der Waals surface area contributed by atoms with Gasteiger partial charge in [-0.05, 0) is 24.2 Å². The second-order valence-electron chi connectivity index (χ2n) is 3.45. The van der Waals surface area contributed by atoms with Crippen molar-refractivity contribution in [1.82, 2.24) is 0 Å². The minimum Gasteiger partial charge on any atom is -0.103 e. The molecule has 0 aliphatic heterocycles. The smallest absolute Gasteiger partial charge is 0.00523 e. The summed E-state index contributed by atoms with van der Waals surface area (Å²) in [5.74, 6) is 0.507.